The molecule has 4 heterocycles. The van der Waals surface area contributed by atoms with Crippen LogP contribution in [-0.2, 0) is 9.47 Å². The van der Waals surface area contributed by atoms with E-state index in [0.29, 0.717) is 12.1 Å². The van der Waals surface area contributed by atoms with E-state index in [1.54, 1.807) is 21.5 Å². The molecule has 0 radical (unpaired) electrons. The van der Waals surface area contributed by atoms with Crippen molar-refractivity contribution in [3.05, 3.63) is 92.8 Å². The van der Waals surface area contributed by atoms with E-state index in [9.17, 15) is 9.59 Å². The molecule has 0 spiro atoms. The highest BCUT2D eigenvalue weighted by atomic mass is 16.5. The number of H-pyrrole nitrogens is 2. The molecule has 0 amide bonds. The van der Waals surface area contributed by atoms with Gasteiger partial charge in [0, 0.05) is 62.0 Å². The fraction of sp³-hybridized carbons (Fsp3) is 0.400. The Morgan fingerprint density at radius 3 is 1.38 bits per heavy atom. The number of aromatic amines is 2. The second kappa shape index (κ2) is 12.9. The molecule has 2 aliphatic rings. The lowest BCUT2D eigenvalue weighted by Gasteiger charge is -2.25. The first-order valence-electron chi connectivity index (χ1n) is 13.9. The number of para-hydroxylation sites is 4. The minimum absolute atomic E-state index is 0.0382. The number of nitrogens with one attached hydrogen (secondary N) is 4. The van der Waals surface area contributed by atoms with E-state index in [1.165, 1.54) is 0 Å². The number of hydrogen-bond donors (Lipinski definition) is 4. The van der Waals surface area contributed by atoms with Gasteiger partial charge < -0.3 is 20.1 Å². The standard InChI is InChI=1S/2C15H19N3O2/c2*1-11-10-15(19)18(17-11)14-5-3-2-4-13(14)16-12-6-8-20-9-7-12/h2*2-5,10,12,16-17H,6-9H2,1H3. The molecule has 212 valence electrons. The van der Waals surface area contributed by atoms with Crippen molar-refractivity contribution >= 4 is 11.4 Å². The number of ether oxygens (including phenoxy) is 2. The normalized spacial score (nSPS) is 16.2. The average Bonchev–Trinajstić information content (AvgIpc) is 3.49. The van der Waals surface area contributed by atoms with E-state index in [0.717, 1.165) is 86.2 Å². The minimum Gasteiger partial charge on any atom is -0.381 e. The maximum absolute atomic E-state index is 12.0. The molecule has 0 atom stereocenters. The summed E-state index contributed by atoms with van der Waals surface area (Å²) in [7, 11) is 0. The van der Waals surface area contributed by atoms with Gasteiger partial charge in [-0.2, -0.15) is 0 Å². The van der Waals surface area contributed by atoms with Crippen molar-refractivity contribution in [1.82, 2.24) is 19.6 Å². The smallest absolute Gasteiger partial charge is 0.271 e. The van der Waals surface area contributed by atoms with Crippen LogP contribution in [0.2, 0.25) is 0 Å². The molecule has 2 aromatic carbocycles. The first kappa shape index (κ1) is 27.5. The van der Waals surface area contributed by atoms with Gasteiger partial charge in [0.15, 0.2) is 0 Å². The summed E-state index contributed by atoms with van der Waals surface area (Å²) in [4.78, 5) is 23.9. The summed E-state index contributed by atoms with van der Waals surface area (Å²) < 4.78 is 13.9. The molecule has 10 nitrogen and oxygen atoms in total. The van der Waals surface area contributed by atoms with Crippen molar-refractivity contribution in [2.24, 2.45) is 0 Å². The predicted octanol–water partition coefficient (Wildman–Crippen LogP) is 4.13. The van der Waals surface area contributed by atoms with Crippen molar-refractivity contribution in [2.75, 3.05) is 37.1 Å². The maximum atomic E-state index is 12.0. The topological polar surface area (TPSA) is 118 Å². The zero-order chi connectivity index (χ0) is 27.9. The van der Waals surface area contributed by atoms with E-state index in [2.05, 4.69) is 20.8 Å². The van der Waals surface area contributed by atoms with Crippen LogP contribution in [0.4, 0.5) is 11.4 Å². The minimum atomic E-state index is -0.0382. The Morgan fingerprint density at radius 1 is 0.650 bits per heavy atom. The third-order valence-corrected chi connectivity index (χ3v) is 7.15. The molecule has 0 bridgehead atoms. The summed E-state index contributed by atoms with van der Waals surface area (Å²) >= 11 is 0. The largest absolute Gasteiger partial charge is 0.381 e. The monoisotopic (exact) mass is 546 g/mol. The quantitative estimate of drug-likeness (QED) is 0.289. The molecular weight excluding hydrogens is 508 g/mol. The van der Waals surface area contributed by atoms with Gasteiger partial charge in [-0.15, -0.1) is 0 Å². The Morgan fingerprint density at radius 2 is 1.02 bits per heavy atom. The van der Waals surface area contributed by atoms with Gasteiger partial charge in [0.1, 0.15) is 0 Å². The molecule has 4 N–H and O–H groups in total. The van der Waals surface area contributed by atoms with Crippen LogP contribution < -0.4 is 21.8 Å². The number of anilines is 2. The zero-order valence-electron chi connectivity index (χ0n) is 23.1. The molecule has 40 heavy (non-hydrogen) atoms. The fourth-order valence-corrected chi connectivity index (χ4v) is 5.09. The lowest BCUT2D eigenvalue weighted by molar-refractivity contribution is 0.0903. The number of rotatable bonds is 6. The third kappa shape index (κ3) is 6.75. The second-order valence-corrected chi connectivity index (χ2v) is 10.3. The molecule has 2 aromatic heterocycles. The highest BCUT2D eigenvalue weighted by Gasteiger charge is 2.17. The molecule has 2 aliphatic heterocycles. The van der Waals surface area contributed by atoms with Crippen LogP contribution in [0.25, 0.3) is 11.4 Å². The van der Waals surface area contributed by atoms with Crippen LogP contribution in [0.15, 0.2) is 70.3 Å². The zero-order valence-corrected chi connectivity index (χ0v) is 23.1. The summed E-state index contributed by atoms with van der Waals surface area (Å²) in [5.41, 5.74) is 5.31. The van der Waals surface area contributed by atoms with Crippen LogP contribution in [0, 0.1) is 13.8 Å². The Bertz CT molecular complexity index is 1390. The Balaban J connectivity index is 0.000000161. The highest BCUT2D eigenvalue weighted by Crippen LogP contribution is 2.23. The number of aromatic nitrogens is 4. The first-order valence-corrected chi connectivity index (χ1v) is 13.9. The fourth-order valence-electron chi connectivity index (χ4n) is 5.09. The Kier molecular flexibility index (Phi) is 8.87. The van der Waals surface area contributed by atoms with E-state index in [4.69, 9.17) is 9.47 Å². The van der Waals surface area contributed by atoms with Gasteiger partial charge in [0.2, 0.25) is 0 Å². The SMILES string of the molecule is Cc1cc(=O)n(-c2ccccc2NC2CCOCC2)[nH]1.Cc1cc(=O)n(-c2ccccc2NC2CCOCC2)[nH]1. The molecule has 2 saturated heterocycles. The van der Waals surface area contributed by atoms with Gasteiger partial charge in [-0.3, -0.25) is 19.8 Å². The van der Waals surface area contributed by atoms with Gasteiger partial charge in [0.25, 0.3) is 11.1 Å². The van der Waals surface area contributed by atoms with Gasteiger partial charge in [0.05, 0.1) is 22.7 Å². The van der Waals surface area contributed by atoms with E-state index in [1.807, 2.05) is 62.4 Å². The van der Waals surface area contributed by atoms with Gasteiger partial charge in [-0.05, 0) is 63.8 Å². The van der Waals surface area contributed by atoms with Gasteiger partial charge in [-0.25, -0.2) is 9.36 Å². The lowest BCUT2D eigenvalue weighted by atomic mass is 10.1. The van der Waals surface area contributed by atoms with Gasteiger partial charge in [-0.1, -0.05) is 24.3 Å². The van der Waals surface area contributed by atoms with Crippen molar-refractivity contribution in [3.63, 3.8) is 0 Å². The van der Waals surface area contributed by atoms with Gasteiger partial charge >= 0.3 is 0 Å². The van der Waals surface area contributed by atoms with Crippen LogP contribution in [-0.4, -0.2) is 58.1 Å². The first-order chi connectivity index (χ1) is 19.5. The maximum Gasteiger partial charge on any atom is 0.271 e. The van der Waals surface area contributed by atoms with Crippen LogP contribution in [0.1, 0.15) is 37.1 Å². The summed E-state index contributed by atoms with van der Waals surface area (Å²) in [6.45, 7) is 6.93. The number of nitrogens with zero attached hydrogens (tertiary/aromatic N) is 2. The number of aryl methyl sites for hydroxylation is 2. The number of benzene rings is 2. The molecule has 4 aromatic rings. The van der Waals surface area contributed by atoms with E-state index < -0.39 is 0 Å². The summed E-state index contributed by atoms with van der Waals surface area (Å²) in [5.74, 6) is 0. The molecule has 10 heteroatoms. The van der Waals surface area contributed by atoms with Crippen LogP contribution >= 0.6 is 0 Å². The molecule has 0 unspecified atom stereocenters. The molecular formula is C30H38N6O4. The Labute approximate surface area is 233 Å². The summed E-state index contributed by atoms with van der Waals surface area (Å²) in [6, 6.07) is 19.7. The molecule has 6 rings (SSSR count). The van der Waals surface area contributed by atoms with E-state index in [-0.39, 0.29) is 11.1 Å². The van der Waals surface area contributed by atoms with Crippen molar-refractivity contribution in [1.29, 1.82) is 0 Å². The third-order valence-electron chi connectivity index (χ3n) is 7.15. The Hall–Kier alpha value is -4.02. The number of hydrogen-bond acceptors (Lipinski definition) is 6. The summed E-state index contributed by atoms with van der Waals surface area (Å²) in [6.07, 6.45) is 3.97. The molecule has 0 aliphatic carbocycles. The van der Waals surface area contributed by atoms with Crippen LogP contribution in [0.3, 0.4) is 0 Å². The summed E-state index contributed by atoms with van der Waals surface area (Å²) in [5, 5.41) is 13.2. The molecule has 2 fully saturated rings. The van der Waals surface area contributed by atoms with Crippen molar-refractivity contribution < 1.29 is 9.47 Å². The van der Waals surface area contributed by atoms with Crippen molar-refractivity contribution in [3.8, 4) is 11.4 Å². The second-order valence-electron chi connectivity index (χ2n) is 10.3. The van der Waals surface area contributed by atoms with Crippen molar-refractivity contribution in [2.45, 2.75) is 51.6 Å². The average molecular weight is 547 g/mol. The van der Waals surface area contributed by atoms with Crippen LogP contribution in [0.5, 0.6) is 0 Å². The highest BCUT2D eigenvalue weighted by molar-refractivity contribution is 5.62. The molecule has 0 saturated carbocycles. The predicted molar refractivity (Wildman–Crippen MR) is 157 cm³/mol. The lowest BCUT2D eigenvalue weighted by Crippen LogP contribution is -2.28. The van der Waals surface area contributed by atoms with E-state index >= 15 is 0 Å².